The average molecular weight is 558 g/mol. The number of nitrogen functional groups attached to an aromatic ring is 1. The van der Waals surface area contributed by atoms with Gasteiger partial charge in [0.25, 0.3) is 0 Å². The number of alkyl carbamates (subject to hydrolysis) is 1. The molecule has 38 heavy (non-hydrogen) atoms. The summed E-state index contributed by atoms with van der Waals surface area (Å²) in [5.41, 5.74) is 7.09. The number of unbranched alkanes of at least 4 members (excludes halogenated alkanes) is 3. The zero-order chi connectivity index (χ0) is 27.8. The molecule has 2 aromatic rings. The van der Waals surface area contributed by atoms with Crippen LogP contribution in [-0.4, -0.2) is 103 Å². The summed E-state index contributed by atoms with van der Waals surface area (Å²) in [7, 11) is 1.00. The lowest BCUT2D eigenvalue weighted by atomic mass is 10.2. The number of alkyl halides is 1. The van der Waals surface area contributed by atoms with Crippen molar-refractivity contribution in [3.05, 3.63) is 18.1 Å². The summed E-state index contributed by atoms with van der Waals surface area (Å²) in [6.07, 6.45) is 7.52. The lowest BCUT2D eigenvalue weighted by Crippen LogP contribution is -2.28. The number of aromatic amines is 1. The van der Waals surface area contributed by atoms with E-state index in [-0.39, 0.29) is 12.7 Å². The Hall–Kier alpha value is -2.66. The molecule has 13 heteroatoms. The molecular weight excluding hydrogens is 518 g/mol. The van der Waals surface area contributed by atoms with Gasteiger partial charge in [0.2, 0.25) is 0 Å². The maximum absolute atomic E-state index is 11.6. The van der Waals surface area contributed by atoms with Crippen LogP contribution in [-0.2, 0) is 18.9 Å². The van der Waals surface area contributed by atoms with Gasteiger partial charge in [-0.1, -0.05) is 24.7 Å². The van der Waals surface area contributed by atoms with E-state index in [0.717, 1.165) is 58.3 Å². The lowest BCUT2D eigenvalue weighted by Gasteiger charge is -2.07. The second-order valence-corrected chi connectivity index (χ2v) is 8.21. The molecule has 1 aliphatic heterocycles. The van der Waals surface area contributed by atoms with Gasteiger partial charge in [0.1, 0.15) is 17.8 Å². The van der Waals surface area contributed by atoms with Crippen LogP contribution in [0.5, 0.6) is 0 Å². The van der Waals surface area contributed by atoms with Crippen LogP contribution in [0.3, 0.4) is 0 Å². The van der Waals surface area contributed by atoms with E-state index in [1.807, 2.05) is 0 Å². The molecule has 0 spiro atoms. The van der Waals surface area contributed by atoms with Crippen LogP contribution in [0.4, 0.5) is 10.6 Å². The number of H-pyrrole nitrogens is 1. The molecule has 1 saturated heterocycles. The van der Waals surface area contributed by atoms with Crippen molar-refractivity contribution in [1.29, 1.82) is 0 Å². The molecule has 6 N–H and O–H groups in total. The van der Waals surface area contributed by atoms with Crippen LogP contribution in [0.25, 0.3) is 11.0 Å². The van der Waals surface area contributed by atoms with Crippen LogP contribution in [0.1, 0.15) is 37.7 Å². The van der Waals surface area contributed by atoms with Crippen molar-refractivity contribution in [2.24, 2.45) is 0 Å². The molecule has 3 heterocycles. The molecule has 1 amide bonds. The summed E-state index contributed by atoms with van der Waals surface area (Å²) in [5.74, 6) is 6.72. The largest absolute Gasteiger partial charge is 0.436 e. The number of amides is 1. The minimum atomic E-state index is -0.553. The highest BCUT2D eigenvalue weighted by Crippen LogP contribution is 2.19. The van der Waals surface area contributed by atoms with E-state index in [0.29, 0.717) is 55.4 Å². The van der Waals surface area contributed by atoms with Gasteiger partial charge in [0.05, 0.1) is 43.5 Å². The third-order valence-corrected chi connectivity index (χ3v) is 5.23. The summed E-state index contributed by atoms with van der Waals surface area (Å²) in [4.78, 5) is 22.6. The van der Waals surface area contributed by atoms with Crippen molar-refractivity contribution in [2.75, 3.05) is 71.5 Å². The van der Waals surface area contributed by atoms with E-state index in [2.05, 4.69) is 32.1 Å². The van der Waals surface area contributed by atoms with Crippen LogP contribution in [0.2, 0.25) is 0 Å². The first-order valence-corrected chi connectivity index (χ1v) is 13.0. The smallest absolute Gasteiger partial charge is 0.408 e. The van der Waals surface area contributed by atoms with E-state index in [1.165, 1.54) is 6.33 Å². The number of nitrogens with zero attached hydrogens (tertiary/aromatic N) is 2. The predicted molar refractivity (Wildman–Crippen MR) is 145 cm³/mol. The van der Waals surface area contributed by atoms with Crippen molar-refractivity contribution in [2.45, 2.75) is 38.2 Å². The highest BCUT2D eigenvalue weighted by Gasteiger charge is 2.09. The van der Waals surface area contributed by atoms with Crippen LogP contribution >= 0.6 is 11.6 Å². The van der Waals surface area contributed by atoms with E-state index in [9.17, 15) is 4.79 Å². The number of fused-ring (bicyclic) bond motifs is 1. The number of hydrogen-bond donors (Lipinski definition) is 5. The van der Waals surface area contributed by atoms with Gasteiger partial charge in [-0.15, -0.1) is 11.6 Å². The Bertz CT molecular complexity index is 945. The Morgan fingerprint density at radius 3 is 2.66 bits per heavy atom. The van der Waals surface area contributed by atoms with E-state index < -0.39 is 6.09 Å². The molecule has 214 valence electrons. The molecule has 1 aliphatic rings. The van der Waals surface area contributed by atoms with Crippen molar-refractivity contribution < 1.29 is 34.0 Å². The lowest BCUT2D eigenvalue weighted by molar-refractivity contribution is 0.0470. The number of aromatic nitrogens is 3. The Balaban J connectivity index is 0.000000777. The zero-order valence-corrected chi connectivity index (χ0v) is 22.7. The van der Waals surface area contributed by atoms with Gasteiger partial charge in [-0.25, -0.2) is 14.8 Å². The summed E-state index contributed by atoms with van der Waals surface area (Å²) in [6, 6.07) is 0. The molecule has 1 unspecified atom stereocenters. The molecule has 2 aromatic heterocycles. The zero-order valence-electron chi connectivity index (χ0n) is 21.9. The van der Waals surface area contributed by atoms with Crippen LogP contribution in [0.15, 0.2) is 12.5 Å². The Morgan fingerprint density at radius 1 is 1.21 bits per heavy atom. The maximum atomic E-state index is 11.6. The van der Waals surface area contributed by atoms with Crippen molar-refractivity contribution in [3.8, 4) is 11.8 Å². The van der Waals surface area contributed by atoms with Crippen molar-refractivity contribution in [3.63, 3.8) is 0 Å². The van der Waals surface area contributed by atoms with Crippen LogP contribution in [0, 0.1) is 11.8 Å². The number of anilines is 1. The molecule has 0 radical (unpaired) electrons. The Kier molecular flexibility index (Phi) is 19.6. The fourth-order valence-electron chi connectivity index (χ4n) is 3.09. The number of ether oxygens (including phenoxy) is 4. The number of aliphatic hydroxyl groups is 2. The summed E-state index contributed by atoms with van der Waals surface area (Å²) in [6.45, 7) is 3.72. The number of nitrogens with one attached hydrogen (secondary N) is 2. The molecule has 0 aliphatic carbocycles. The maximum Gasteiger partial charge on any atom is 0.408 e. The van der Waals surface area contributed by atoms with Gasteiger partial charge in [0, 0.05) is 38.9 Å². The number of carbonyl (C=O) groups excluding carboxylic acids is 1. The number of rotatable bonds is 13. The fraction of sp³-hybridized carbons (Fsp3) is 0.640. The van der Waals surface area contributed by atoms with Gasteiger partial charge in [0.15, 0.2) is 6.61 Å². The number of nitrogens with two attached hydrogens (primary N) is 1. The molecule has 0 aromatic carbocycles. The summed E-state index contributed by atoms with van der Waals surface area (Å²) >= 11 is 5.62. The first kappa shape index (κ1) is 33.4. The highest BCUT2D eigenvalue weighted by molar-refractivity contribution is 6.17. The molecule has 0 saturated carbocycles. The van der Waals surface area contributed by atoms with Gasteiger partial charge in [-0.2, -0.15) is 0 Å². The minimum Gasteiger partial charge on any atom is -0.436 e. The first-order chi connectivity index (χ1) is 18.6. The Labute approximate surface area is 228 Å². The predicted octanol–water partition coefficient (Wildman–Crippen LogP) is 1.83. The van der Waals surface area contributed by atoms with Crippen molar-refractivity contribution in [1.82, 2.24) is 20.3 Å². The number of aliphatic hydroxyl groups excluding tert-OH is 2. The second-order valence-electron chi connectivity index (χ2n) is 7.83. The molecular formula is C25H40ClN5O7. The molecule has 3 rings (SSSR count). The molecule has 12 nitrogen and oxygen atoms in total. The standard InChI is InChI=1S/C20H28ClN5O4.C4H8O2.CH4O/c21-7-3-1-2-4-9-28-12-13-29-11-8-23-20(27)30-10-5-6-16-14-24-19-17(16)18(22)25-15-26-19;5-4-1-2-6-3-4;1-2/h14-15H,1-4,7-13H2,(H,23,27)(H3,22,24,25,26);4-5H,1-3H2;2H,1H3. The number of hydrogen-bond acceptors (Lipinski definition) is 10. The van der Waals surface area contributed by atoms with E-state index >= 15 is 0 Å². The molecule has 1 atom stereocenters. The normalized spacial score (nSPS) is 13.9. The first-order valence-electron chi connectivity index (χ1n) is 12.5. The van der Waals surface area contributed by atoms with Gasteiger partial charge >= 0.3 is 6.09 Å². The topological polar surface area (TPSA) is 174 Å². The van der Waals surface area contributed by atoms with Crippen molar-refractivity contribution >= 4 is 34.5 Å². The third-order valence-electron chi connectivity index (χ3n) is 4.96. The molecule has 0 bridgehead atoms. The quantitative estimate of drug-likeness (QED) is 0.139. The van der Waals surface area contributed by atoms with Gasteiger partial charge < -0.3 is 45.2 Å². The molecule has 1 fully saturated rings. The monoisotopic (exact) mass is 557 g/mol. The fourth-order valence-corrected chi connectivity index (χ4v) is 3.28. The number of carbonyl (C=O) groups is 1. The minimum absolute atomic E-state index is 0.0499. The highest BCUT2D eigenvalue weighted by atomic mass is 35.5. The summed E-state index contributed by atoms with van der Waals surface area (Å²) in [5, 5.41) is 18.9. The Morgan fingerprint density at radius 2 is 1.97 bits per heavy atom. The SMILES string of the molecule is CO.Nc1ncnc2[nH]cc(C#CCOC(=O)NCCOCCOCCCCCCCl)c12.OC1CCOC1. The van der Waals surface area contributed by atoms with Gasteiger partial charge in [-0.3, -0.25) is 0 Å². The van der Waals surface area contributed by atoms with E-state index in [1.54, 1.807) is 6.20 Å². The number of halogens is 1. The van der Waals surface area contributed by atoms with E-state index in [4.69, 9.17) is 46.5 Å². The third kappa shape index (κ3) is 14.9. The average Bonchev–Trinajstić information content (AvgIpc) is 3.58. The summed E-state index contributed by atoms with van der Waals surface area (Å²) < 4.78 is 20.7. The van der Waals surface area contributed by atoms with Gasteiger partial charge in [-0.05, 0) is 19.3 Å². The van der Waals surface area contributed by atoms with Crippen LogP contribution < -0.4 is 11.1 Å². The second kappa shape index (κ2) is 22.3.